The van der Waals surface area contributed by atoms with Crippen molar-refractivity contribution in [3.8, 4) is 11.5 Å². The van der Waals surface area contributed by atoms with Crippen molar-refractivity contribution in [1.29, 1.82) is 0 Å². The molecule has 0 unspecified atom stereocenters. The topological polar surface area (TPSA) is 71.6 Å². The molecular formula is C20H18Cl2N4O3. The Kier molecular flexibility index (Phi) is 5.60. The first kappa shape index (κ1) is 19.5. The quantitative estimate of drug-likeness (QED) is 0.632. The number of furan rings is 1. The van der Waals surface area contributed by atoms with E-state index in [1.807, 2.05) is 12.1 Å². The Bertz CT molecular complexity index is 1070. The number of hydrogen-bond donors (Lipinski definition) is 0. The molecule has 4 rings (SSSR count). The first-order chi connectivity index (χ1) is 14.0. The second-order valence-electron chi connectivity index (χ2n) is 6.68. The molecule has 1 fully saturated rings. The van der Waals surface area contributed by atoms with Crippen molar-refractivity contribution in [1.82, 2.24) is 14.5 Å². The van der Waals surface area contributed by atoms with E-state index in [0.29, 0.717) is 47.7 Å². The minimum atomic E-state index is -0.297. The van der Waals surface area contributed by atoms with Gasteiger partial charge in [0.25, 0.3) is 5.56 Å². The molecule has 0 spiro atoms. The highest BCUT2D eigenvalue weighted by Gasteiger charge is 2.22. The third-order valence-electron chi connectivity index (χ3n) is 4.86. The van der Waals surface area contributed by atoms with E-state index in [0.717, 1.165) is 5.69 Å². The first-order valence-corrected chi connectivity index (χ1v) is 9.85. The minimum Gasteiger partial charge on any atom is -0.463 e. The molecule has 2 aromatic heterocycles. The lowest BCUT2D eigenvalue weighted by Crippen LogP contribution is -2.50. The van der Waals surface area contributed by atoms with E-state index in [2.05, 4.69) is 9.88 Å². The van der Waals surface area contributed by atoms with Crippen LogP contribution in [0.25, 0.3) is 11.5 Å². The van der Waals surface area contributed by atoms with Gasteiger partial charge in [-0.05, 0) is 30.3 Å². The van der Waals surface area contributed by atoms with E-state index in [4.69, 9.17) is 27.6 Å². The van der Waals surface area contributed by atoms with Gasteiger partial charge in [0.2, 0.25) is 5.91 Å². The van der Waals surface area contributed by atoms with Crippen molar-refractivity contribution in [2.24, 2.45) is 0 Å². The van der Waals surface area contributed by atoms with E-state index in [1.54, 1.807) is 23.1 Å². The lowest BCUT2D eigenvalue weighted by atomic mass is 10.2. The van der Waals surface area contributed by atoms with Crippen molar-refractivity contribution in [3.63, 3.8) is 0 Å². The molecule has 0 atom stereocenters. The molecule has 150 valence electrons. The van der Waals surface area contributed by atoms with Crippen molar-refractivity contribution in [2.75, 3.05) is 31.1 Å². The van der Waals surface area contributed by atoms with Gasteiger partial charge in [0, 0.05) is 37.9 Å². The van der Waals surface area contributed by atoms with Crippen LogP contribution >= 0.6 is 23.2 Å². The van der Waals surface area contributed by atoms with Crippen molar-refractivity contribution in [3.05, 3.63) is 69.4 Å². The summed E-state index contributed by atoms with van der Waals surface area (Å²) < 4.78 is 6.55. The van der Waals surface area contributed by atoms with Crippen LogP contribution < -0.4 is 10.5 Å². The van der Waals surface area contributed by atoms with Gasteiger partial charge in [-0.3, -0.25) is 14.2 Å². The van der Waals surface area contributed by atoms with Crippen molar-refractivity contribution < 1.29 is 9.21 Å². The van der Waals surface area contributed by atoms with Gasteiger partial charge in [-0.25, -0.2) is 4.98 Å². The maximum absolute atomic E-state index is 12.6. The molecule has 0 bridgehead atoms. The zero-order chi connectivity index (χ0) is 20.4. The largest absolute Gasteiger partial charge is 0.463 e. The lowest BCUT2D eigenvalue weighted by molar-refractivity contribution is -0.132. The minimum absolute atomic E-state index is 0.0446. The molecule has 9 heteroatoms. The smallest absolute Gasteiger partial charge is 0.254 e. The van der Waals surface area contributed by atoms with Crippen LogP contribution in [0.4, 0.5) is 5.69 Å². The number of aromatic nitrogens is 2. The van der Waals surface area contributed by atoms with Gasteiger partial charge in [-0.1, -0.05) is 23.2 Å². The Hall–Kier alpha value is -2.77. The number of benzene rings is 1. The fourth-order valence-electron chi connectivity index (χ4n) is 3.25. The third-order valence-corrected chi connectivity index (χ3v) is 5.60. The molecule has 1 aliphatic heterocycles. The number of anilines is 1. The summed E-state index contributed by atoms with van der Waals surface area (Å²) in [5.41, 5.74) is 1.12. The molecule has 1 aliphatic rings. The molecular weight excluding hydrogens is 415 g/mol. The van der Waals surface area contributed by atoms with Crippen LogP contribution in [0.5, 0.6) is 0 Å². The second-order valence-corrected chi connectivity index (χ2v) is 7.50. The number of piperazine rings is 1. The lowest BCUT2D eigenvalue weighted by Gasteiger charge is -2.36. The summed E-state index contributed by atoms with van der Waals surface area (Å²) in [4.78, 5) is 33.1. The summed E-state index contributed by atoms with van der Waals surface area (Å²) in [7, 11) is 0. The summed E-state index contributed by atoms with van der Waals surface area (Å²) in [5, 5.41) is 1.02. The number of rotatable bonds is 4. The molecule has 7 nitrogen and oxygen atoms in total. The molecule has 0 N–H and O–H groups in total. The maximum atomic E-state index is 12.6. The summed E-state index contributed by atoms with van der Waals surface area (Å²) in [5.74, 6) is 0.396. The second kappa shape index (κ2) is 8.31. The highest BCUT2D eigenvalue weighted by molar-refractivity contribution is 6.42. The SMILES string of the molecule is O=C(Cn1cnc(-c2ccco2)cc1=O)N1CCN(c2ccc(Cl)c(Cl)c2)CC1. The van der Waals surface area contributed by atoms with Gasteiger partial charge in [-0.2, -0.15) is 0 Å². The fraction of sp³-hybridized carbons (Fsp3) is 0.250. The van der Waals surface area contributed by atoms with Crippen LogP contribution in [0.1, 0.15) is 0 Å². The monoisotopic (exact) mass is 432 g/mol. The van der Waals surface area contributed by atoms with Gasteiger partial charge in [0.05, 0.1) is 22.6 Å². The molecule has 0 radical (unpaired) electrons. The summed E-state index contributed by atoms with van der Waals surface area (Å²) >= 11 is 12.1. The summed E-state index contributed by atoms with van der Waals surface area (Å²) in [6, 6.07) is 10.3. The van der Waals surface area contributed by atoms with Crippen molar-refractivity contribution >= 4 is 34.8 Å². The number of carbonyl (C=O) groups is 1. The van der Waals surface area contributed by atoms with E-state index in [-0.39, 0.29) is 18.0 Å². The number of halogens is 2. The molecule has 3 heterocycles. The van der Waals surface area contributed by atoms with E-state index >= 15 is 0 Å². The highest BCUT2D eigenvalue weighted by Crippen LogP contribution is 2.27. The maximum Gasteiger partial charge on any atom is 0.254 e. The number of amides is 1. The number of nitrogens with zero attached hydrogens (tertiary/aromatic N) is 4. The first-order valence-electron chi connectivity index (χ1n) is 9.09. The van der Waals surface area contributed by atoms with Crippen LogP contribution in [0.2, 0.25) is 10.0 Å². The molecule has 0 aliphatic carbocycles. The van der Waals surface area contributed by atoms with Crippen LogP contribution in [-0.4, -0.2) is 46.5 Å². The van der Waals surface area contributed by atoms with E-state index < -0.39 is 0 Å². The van der Waals surface area contributed by atoms with E-state index in [1.165, 1.54) is 23.2 Å². The Morgan fingerprint density at radius 3 is 2.52 bits per heavy atom. The van der Waals surface area contributed by atoms with Gasteiger partial charge >= 0.3 is 0 Å². The normalized spacial score (nSPS) is 14.3. The van der Waals surface area contributed by atoms with Gasteiger partial charge in [0.15, 0.2) is 5.76 Å². The predicted molar refractivity (Wildman–Crippen MR) is 111 cm³/mol. The number of carbonyl (C=O) groups excluding carboxylic acids is 1. The van der Waals surface area contributed by atoms with Gasteiger partial charge in [-0.15, -0.1) is 0 Å². The molecule has 1 saturated heterocycles. The molecule has 1 aromatic carbocycles. The van der Waals surface area contributed by atoms with Gasteiger partial charge < -0.3 is 14.2 Å². The average Bonchev–Trinajstić information content (AvgIpc) is 3.26. The van der Waals surface area contributed by atoms with Crippen LogP contribution in [0.15, 0.2) is 58.2 Å². The molecule has 1 amide bonds. The molecule has 29 heavy (non-hydrogen) atoms. The number of hydrogen-bond acceptors (Lipinski definition) is 5. The zero-order valence-corrected chi connectivity index (χ0v) is 16.9. The van der Waals surface area contributed by atoms with E-state index in [9.17, 15) is 9.59 Å². The Balaban J connectivity index is 1.37. The predicted octanol–water partition coefficient (Wildman–Crippen LogP) is 3.16. The van der Waals surface area contributed by atoms with Crippen LogP contribution in [0.3, 0.4) is 0 Å². The molecule has 0 saturated carbocycles. The molecule has 3 aromatic rings. The Labute approximate surface area is 177 Å². The van der Waals surface area contributed by atoms with Crippen molar-refractivity contribution in [2.45, 2.75) is 6.54 Å². The van der Waals surface area contributed by atoms with Crippen LogP contribution in [-0.2, 0) is 11.3 Å². The zero-order valence-electron chi connectivity index (χ0n) is 15.4. The summed E-state index contributed by atoms with van der Waals surface area (Å²) in [6.07, 6.45) is 2.90. The third kappa shape index (κ3) is 4.31. The fourth-order valence-corrected chi connectivity index (χ4v) is 3.54. The highest BCUT2D eigenvalue weighted by atomic mass is 35.5. The van der Waals surface area contributed by atoms with Crippen LogP contribution in [0, 0.1) is 0 Å². The van der Waals surface area contributed by atoms with Gasteiger partial charge in [0.1, 0.15) is 12.2 Å². The average molecular weight is 433 g/mol. The standard InChI is InChI=1S/C20H18Cl2N4O3/c21-15-4-3-14(10-16(15)22)24-5-7-25(8-6-24)20(28)12-26-13-23-17(11-19(26)27)18-2-1-9-29-18/h1-4,9-11,13H,5-8,12H2. The summed E-state index contributed by atoms with van der Waals surface area (Å²) in [6.45, 7) is 2.43. The Morgan fingerprint density at radius 2 is 1.86 bits per heavy atom. The Morgan fingerprint density at radius 1 is 1.07 bits per heavy atom.